The van der Waals surface area contributed by atoms with Crippen molar-refractivity contribution in [2.24, 2.45) is 22.1 Å². The van der Waals surface area contributed by atoms with Crippen LogP contribution in [0.5, 0.6) is 11.5 Å². The van der Waals surface area contributed by atoms with Crippen LogP contribution in [-0.4, -0.2) is 79.4 Å². The summed E-state index contributed by atoms with van der Waals surface area (Å²) in [6.45, 7) is 16.1. The average molecular weight is 1450 g/mol. The van der Waals surface area contributed by atoms with Crippen LogP contribution >= 0.6 is 0 Å². The molecule has 0 aliphatic rings. The monoisotopic (exact) mass is 1450 g/mol. The van der Waals surface area contributed by atoms with Crippen molar-refractivity contribution in [2.45, 2.75) is 157 Å². The van der Waals surface area contributed by atoms with Crippen LogP contribution in [0, 0.1) is 53.4 Å². The molecule has 0 aliphatic carbocycles. The highest BCUT2D eigenvalue weighted by Crippen LogP contribution is 2.53. The number of para-hydroxylation sites is 2. The molecule has 0 amide bonds. The molecule has 0 saturated carbocycles. The number of hydrogen-bond donors (Lipinski definition) is 2. The summed E-state index contributed by atoms with van der Waals surface area (Å²) in [4.78, 5) is 29.9. The van der Waals surface area contributed by atoms with Gasteiger partial charge >= 0.3 is 23.7 Å². The van der Waals surface area contributed by atoms with Crippen molar-refractivity contribution in [3.8, 4) is 11.5 Å². The molecule has 550 valence electrons. The Hall–Kier alpha value is -10.4. The Labute approximate surface area is 610 Å². The van der Waals surface area contributed by atoms with Crippen molar-refractivity contribution in [2.75, 3.05) is 13.2 Å². The molecule has 0 bridgehead atoms. The topological polar surface area (TPSA) is 128 Å². The highest BCUT2D eigenvalue weighted by molar-refractivity contribution is 6.29. The van der Waals surface area contributed by atoms with Crippen LogP contribution in [0.3, 0.4) is 0 Å². The Balaban J connectivity index is 0.837. The lowest BCUT2D eigenvalue weighted by Gasteiger charge is -2.36. The second kappa shape index (κ2) is 30.2. The number of carbonyl (C=O) groups is 2. The summed E-state index contributed by atoms with van der Waals surface area (Å²) in [5, 5.41) is 34.4. The van der Waals surface area contributed by atoms with Gasteiger partial charge in [-0.15, -0.1) is 0 Å². The Morgan fingerprint density at radius 3 is 1.09 bits per heavy atom. The summed E-state index contributed by atoms with van der Waals surface area (Å²) < 4.78 is 144. The van der Waals surface area contributed by atoms with E-state index in [9.17, 15) is 20.0 Å². The van der Waals surface area contributed by atoms with Crippen molar-refractivity contribution < 1.29 is 64.6 Å². The number of fused-ring (bicyclic) bond motifs is 10. The van der Waals surface area contributed by atoms with Crippen LogP contribution in [0.25, 0.3) is 65.2 Å². The number of unbranched alkanes of at least 4 members (excludes halogenated alkanes) is 2. The van der Waals surface area contributed by atoms with E-state index in [-0.39, 0.29) is 57.1 Å². The van der Waals surface area contributed by atoms with E-state index in [1.807, 2.05) is 126 Å². The zero-order valence-corrected chi connectivity index (χ0v) is 61.1. The Morgan fingerprint density at radius 1 is 0.415 bits per heavy atom. The lowest BCUT2D eigenvalue weighted by Crippen LogP contribution is -2.65. The average Bonchev–Trinajstić information content (AvgIpc) is 1.46. The first-order valence-corrected chi connectivity index (χ1v) is 36.3. The second-order valence-corrected chi connectivity index (χ2v) is 28.5. The number of alkyl halides is 8. The molecule has 10 nitrogen and oxygen atoms in total. The highest BCUT2D eigenvalue weighted by Gasteiger charge is 2.81. The number of carbonyl (C=O) groups excluding carboxylic acids is 2. The predicted molar refractivity (Wildman–Crippen MR) is 407 cm³/mol. The summed E-state index contributed by atoms with van der Waals surface area (Å²) in [5.41, 5.74) is 9.55. The molecule has 10 aromatic carbocycles. The number of hydrogen-bond acceptors (Lipinski definition) is 8. The molecule has 0 aliphatic heterocycles. The van der Waals surface area contributed by atoms with Gasteiger partial charge in [0.2, 0.25) is 0 Å². The van der Waals surface area contributed by atoms with Crippen LogP contribution in [-0.2, 0) is 13.1 Å². The van der Waals surface area contributed by atoms with E-state index in [0.717, 1.165) is 140 Å². The fourth-order valence-corrected chi connectivity index (χ4v) is 15.8. The third kappa shape index (κ3) is 13.7. The van der Waals surface area contributed by atoms with Gasteiger partial charge in [-0.05, 0) is 160 Å². The molecule has 0 radical (unpaired) electrons. The molecule has 12 aromatic rings. The maximum absolute atomic E-state index is 16.2. The van der Waals surface area contributed by atoms with Crippen molar-refractivity contribution in [1.29, 1.82) is 0 Å². The molecule has 0 saturated heterocycles. The molecule has 0 spiro atoms. The van der Waals surface area contributed by atoms with E-state index in [2.05, 4.69) is 47.1 Å². The van der Waals surface area contributed by atoms with Crippen molar-refractivity contribution in [1.82, 2.24) is 9.13 Å². The third-order valence-electron chi connectivity index (χ3n) is 21.2. The zero-order chi connectivity index (χ0) is 75.9. The first-order chi connectivity index (χ1) is 50.6. The van der Waals surface area contributed by atoms with Crippen molar-refractivity contribution in [3.63, 3.8) is 0 Å². The van der Waals surface area contributed by atoms with E-state index >= 15 is 35.1 Å². The molecule has 106 heavy (non-hydrogen) atoms. The number of benzene rings is 10. The lowest BCUT2D eigenvalue weighted by atomic mass is 9.89. The van der Waals surface area contributed by atoms with Crippen LogP contribution in [0.4, 0.5) is 35.1 Å². The van der Waals surface area contributed by atoms with Crippen molar-refractivity contribution >= 4 is 88.1 Å². The van der Waals surface area contributed by atoms with Gasteiger partial charge in [0.1, 0.15) is 22.9 Å². The minimum atomic E-state index is -6.82. The normalized spacial score (nSPS) is 13.5. The van der Waals surface area contributed by atoms with Gasteiger partial charge in [0.15, 0.2) is 24.8 Å². The van der Waals surface area contributed by atoms with E-state index in [1.54, 1.807) is 36.4 Å². The van der Waals surface area contributed by atoms with E-state index in [1.165, 1.54) is 36.4 Å². The fraction of sp³-hybridized carbons (Fsp3) is 0.318. The number of ether oxygens (including phenoxy) is 2. The number of halogens is 8. The molecule has 2 aromatic heterocycles. The Morgan fingerprint density at radius 2 is 0.755 bits per heavy atom. The van der Waals surface area contributed by atoms with Gasteiger partial charge in [0.25, 0.3) is 0 Å². The number of aryl methyl sites for hydroxylation is 6. The van der Waals surface area contributed by atoms with Crippen LogP contribution in [0.1, 0.15) is 167 Å². The summed E-state index contributed by atoms with van der Waals surface area (Å²) in [6, 6.07) is 47.0. The first kappa shape index (κ1) is 75.3. The molecule has 2 atom stereocenters. The van der Waals surface area contributed by atoms with E-state index in [0.29, 0.717) is 56.9 Å². The maximum Gasteiger partial charge on any atom is 0.381 e. The molecular formula is C88H86F8N4O6. The van der Waals surface area contributed by atoms with Crippen molar-refractivity contribution in [3.05, 3.63) is 248 Å². The third-order valence-corrected chi connectivity index (χ3v) is 21.2. The number of nitrogens with zero attached hydrogens (tertiary/aromatic N) is 4. The van der Waals surface area contributed by atoms with Gasteiger partial charge < -0.3 is 29.0 Å². The number of rotatable bonds is 29. The second-order valence-electron chi connectivity index (χ2n) is 28.5. The van der Waals surface area contributed by atoms with Crippen LogP contribution < -0.4 is 9.47 Å². The minimum absolute atomic E-state index is 0.167. The highest BCUT2D eigenvalue weighted by atomic mass is 19.4. The first-order valence-electron chi connectivity index (χ1n) is 36.3. The minimum Gasteiger partial charge on any atom is -0.486 e. The largest absolute Gasteiger partial charge is 0.486 e. The molecule has 2 heterocycles. The van der Waals surface area contributed by atoms with Gasteiger partial charge in [0, 0.05) is 101 Å². The number of ketones is 2. The lowest BCUT2D eigenvalue weighted by molar-refractivity contribution is -0.371. The fourth-order valence-electron chi connectivity index (χ4n) is 15.8. The van der Waals surface area contributed by atoms with Gasteiger partial charge in [0.05, 0.1) is 11.0 Å². The SMILES string of the molecule is CCCCC(CC)Cn1c2ccc(C(=NO)c3ccccc3OCC(F)(F)C(F)(F)C(F)(F)C(F)(F)COc3ccccc3C(=NO)c3ccc4c(c3)c3cc(C(=O)c5c(C)cc(C)cc5C)c5ccccc5c3n4CC(CC)CCCC)cc2c2cc(C(=O)c3c(C)cc(C)cc3C)c3ccccc3c21. The summed E-state index contributed by atoms with van der Waals surface area (Å²) >= 11 is 0. The Kier molecular flexibility index (Phi) is 21.5. The quantitative estimate of drug-likeness (QED) is 0.0158. The van der Waals surface area contributed by atoms with Gasteiger partial charge in [-0.1, -0.05) is 197 Å². The van der Waals surface area contributed by atoms with Gasteiger partial charge in [-0.2, -0.15) is 35.1 Å². The molecule has 2 N–H and O–H groups in total. The van der Waals surface area contributed by atoms with Crippen LogP contribution in [0.15, 0.2) is 180 Å². The molecule has 18 heteroatoms. The molecular weight excluding hydrogens is 1360 g/mol. The predicted octanol–water partition coefficient (Wildman–Crippen LogP) is 23.4. The molecule has 2 unspecified atom stereocenters. The maximum atomic E-state index is 16.2. The summed E-state index contributed by atoms with van der Waals surface area (Å²) in [6.07, 6.45) is 7.59. The summed E-state index contributed by atoms with van der Waals surface area (Å²) in [7, 11) is 0. The Bertz CT molecular complexity index is 5080. The number of aromatic nitrogens is 2. The van der Waals surface area contributed by atoms with E-state index in [4.69, 9.17) is 9.47 Å². The van der Waals surface area contributed by atoms with Gasteiger partial charge in [-0.25, -0.2) is 0 Å². The molecule has 12 rings (SSSR count). The number of oxime groups is 2. The molecule has 0 fully saturated rings. The standard InChI is InChI=1S/C88H86F8N4O6/c1-11-15-25-57(13-3)47-99-73-37-35-59(43-67(73)69-45-71(61-27-17-19-29-63(61)81(69)99)83(101)77-53(7)39-51(5)40-54(77)8)79(97-103)65-31-21-23-33-75(65)105-49-85(89,90)87(93,94)88(95,96)86(91,92)50-106-76-34-24-22-32-66(76)80(98-104)60-36-38-74-68(44-60)70-46-72(84(102)78-55(9)41-52(6)42-56(78)10)62-28-18-20-30-64(62)82(70)100(74)48-58(14-4)26-16-12-2/h17-24,27-46,57-58,103-104H,11-16,25-26,47-50H2,1-10H3. The smallest absolute Gasteiger partial charge is 0.381 e. The van der Waals surface area contributed by atoms with Crippen LogP contribution in [0.2, 0.25) is 0 Å². The van der Waals surface area contributed by atoms with Gasteiger partial charge in [-0.3, -0.25) is 9.59 Å². The summed E-state index contributed by atoms with van der Waals surface area (Å²) in [5.74, 6) is -26.9. The van der Waals surface area contributed by atoms with E-state index < -0.39 is 48.4 Å². The zero-order valence-electron chi connectivity index (χ0n) is 61.1.